The molecule has 1 atom stereocenters. The topological polar surface area (TPSA) is 26.3 Å². The van der Waals surface area contributed by atoms with Gasteiger partial charge in [0.1, 0.15) is 0 Å². The highest BCUT2D eigenvalue weighted by Gasteiger charge is 2.48. The molecule has 0 radical (unpaired) electrons. The Morgan fingerprint density at radius 2 is 1.94 bits per heavy atom. The molecule has 0 heterocycles. The van der Waals surface area contributed by atoms with Crippen LogP contribution in [0.4, 0.5) is 0 Å². The van der Waals surface area contributed by atoms with E-state index in [-0.39, 0.29) is 17.3 Å². The van der Waals surface area contributed by atoms with E-state index in [2.05, 4.69) is 13.0 Å². The fraction of sp³-hybridized carbons (Fsp3) is 0.786. The highest BCUT2D eigenvalue weighted by molar-refractivity contribution is 5.77. The van der Waals surface area contributed by atoms with Crippen molar-refractivity contribution in [1.29, 1.82) is 0 Å². The van der Waals surface area contributed by atoms with Gasteiger partial charge in [-0.25, -0.2) is 0 Å². The molecule has 16 heavy (non-hydrogen) atoms. The summed E-state index contributed by atoms with van der Waals surface area (Å²) in [6, 6.07) is 0. The lowest BCUT2D eigenvalue weighted by Gasteiger charge is -2.41. The molecule has 2 saturated carbocycles. The lowest BCUT2D eigenvalue weighted by atomic mass is 9.63. The molecule has 2 fully saturated rings. The number of allylic oxidation sites excluding steroid dienone is 1. The maximum atomic E-state index is 12.0. The van der Waals surface area contributed by atoms with Crippen LogP contribution in [-0.2, 0) is 9.53 Å². The van der Waals surface area contributed by atoms with Crippen LogP contribution in [0, 0.1) is 11.3 Å². The minimum absolute atomic E-state index is 0.00491. The second-order valence-corrected chi connectivity index (χ2v) is 5.24. The van der Waals surface area contributed by atoms with Gasteiger partial charge in [0.25, 0.3) is 0 Å². The molecule has 1 unspecified atom stereocenters. The number of carbonyl (C=O) groups excluding carboxylic acids is 1. The van der Waals surface area contributed by atoms with E-state index in [0.717, 1.165) is 6.42 Å². The minimum Gasteiger partial charge on any atom is -0.469 e. The van der Waals surface area contributed by atoms with Crippen LogP contribution in [0.2, 0.25) is 0 Å². The van der Waals surface area contributed by atoms with Crippen LogP contribution in [-0.4, -0.2) is 13.1 Å². The van der Waals surface area contributed by atoms with E-state index in [4.69, 9.17) is 4.74 Å². The van der Waals surface area contributed by atoms with Crippen molar-refractivity contribution in [3.63, 3.8) is 0 Å². The maximum absolute atomic E-state index is 12.0. The average molecular weight is 222 g/mol. The molecule has 0 amide bonds. The fourth-order valence-corrected chi connectivity index (χ4v) is 3.77. The van der Waals surface area contributed by atoms with Gasteiger partial charge in [0.15, 0.2) is 0 Å². The van der Waals surface area contributed by atoms with E-state index in [1.807, 2.05) is 0 Å². The Morgan fingerprint density at radius 3 is 2.50 bits per heavy atom. The predicted octanol–water partition coefficient (Wildman–Crippen LogP) is 3.47. The van der Waals surface area contributed by atoms with Crippen molar-refractivity contribution in [2.24, 2.45) is 11.3 Å². The lowest BCUT2D eigenvalue weighted by Crippen LogP contribution is -2.38. The monoisotopic (exact) mass is 222 g/mol. The molecule has 1 spiro atoms. The van der Waals surface area contributed by atoms with Crippen molar-refractivity contribution < 1.29 is 9.53 Å². The highest BCUT2D eigenvalue weighted by atomic mass is 16.5. The molecule has 90 valence electrons. The largest absolute Gasteiger partial charge is 0.469 e. The third kappa shape index (κ3) is 1.79. The van der Waals surface area contributed by atoms with E-state index in [1.165, 1.54) is 51.2 Å². The van der Waals surface area contributed by atoms with Crippen molar-refractivity contribution in [3.05, 3.63) is 11.6 Å². The van der Waals surface area contributed by atoms with Crippen molar-refractivity contribution in [2.75, 3.05) is 7.11 Å². The standard InChI is InChI=1S/C14H22O2/c1-3-11-7-6-10-14(8-4-5-9-14)12(11)13(15)16-2/h3,12H,4-10H2,1-2H3. The van der Waals surface area contributed by atoms with Crippen LogP contribution in [0.5, 0.6) is 0 Å². The molecule has 0 N–H and O–H groups in total. The van der Waals surface area contributed by atoms with E-state index < -0.39 is 0 Å². The Morgan fingerprint density at radius 1 is 1.31 bits per heavy atom. The SMILES string of the molecule is CC=C1CCCC2(CCCC2)C1C(=O)OC. The van der Waals surface area contributed by atoms with Gasteiger partial charge in [-0.3, -0.25) is 4.79 Å². The Hall–Kier alpha value is -0.790. The van der Waals surface area contributed by atoms with E-state index in [0.29, 0.717) is 0 Å². The van der Waals surface area contributed by atoms with Gasteiger partial charge < -0.3 is 4.74 Å². The molecular formula is C14H22O2. The zero-order valence-electron chi connectivity index (χ0n) is 10.4. The van der Waals surface area contributed by atoms with Crippen molar-refractivity contribution >= 4 is 5.97 Å². The number of carbonyl (C=O) groups is 1. The molecule has 0 aliphatic heterocycles. The quantitative estimate of drug-likeness (QED) is 0.501. The van der Waals surface area contributed by atoms with Crippen LogP contribution in [0.15, 0.2) is 11.6 Å². The first kappa shape index (κ1) is 11.7. The summed E-state index contributed by atoms with van der Waals surface area (Å²) < 4.78 is 5.03. The molecular weight excluding hydrogens is 200 g/mol. The molecule has 0 aromatic heterocycles. The summed E-state index contributed by atoms with van der Waals surface area (Å²) in [6.07, 6.45) is 10.7. The molecule has 2 rings (SSSR count). The second kappa shape index (κ2) is 4.60. The lowest BCUT2D eigenvalue weighted by molar-refractivity contribution is -0.149. The van der Waals surface area contributed by atoms with Gasteiger partial charge in [0.2, 0.25) is 0 Å². The number of methoxy groups -OCH3 is 1. The minimum atomic E-state index is -0.00491. The normalized spacial score (nSPS) is 30.9. The van der Waals surface area contributed by atoms with Gasteiger partial charge in [0.05, 0.1) is 13.0 Å². The number of esters is 1. The molecule has 0 bridgehead atoms. The van der Waals surface area contributed by atoms with Crippen LogP contribution < -0.4 is 0 Å². The summed E-state index contributed by atoms with van der Waals surface area (Å²) in [7, 11) is 1.52. The maximum Gasteiger partial charge on any atom is 0.313 e. The number of ether oxygens (including phenoxy) is 1. The van der Waals surface area contributed by atoms with Crippen molar-refractivity contribution in [2.45, 2.75) is 51.9 Å². The Bertz CT molecular complexity index is 298. The fourth-order valence-electron chi connectivity index (χ4n) is 3.77. The first-order chi connectivity index (χ1) is 7.73. The molecule has 0 aromatic rings. The summed E-state index contributed by atoms with van der Waals surface area (Å²) >= 11 is 0. The molecule has 2 aliphatic carbocycles. The van der Waals surface area contributed by atoms with Gasteiger partial charge in [-0.05, 0) is 44.4 Å². The number of rotatable bonds is 1. The third-order valence-electron chi connectivity index (χ3n) is 4.53. The summed E-state index contributed by atoms with van der Waals surface area (Å²) in [5, 5.41) is 0. The van der Waals surface area contributed by atoms with Gasteiger partial charge in [0, 0.05) is 0 Å². The summed E-state index contributed by atoms with van der Waals surface area (Å²) in [4.78, 5) is 12.0. The van der Waals surface area contributed by atoms with Gasteiger partial charge in [-0.15, -0.1) is 0 Å². The molecule has 0 saturated heterocycles. The van der Waals surface area contributed by atoms with E-state index >= 15 is 0 Å². The smallest absolute Gasteiger partial charge is 0.313 e. The van der Waals surface area contributed by atoms with Crippen LogP contribution >= 0.6 is 0 Å². The molecule has 2 heteroatoms. The van der Waals surface area contributed by atoms with Gasteiger partial charge in [-0.1, -0.05) is 24.5 Å². The first-order valence-corrected chi connectivity index (χ1v) is 6.46. The first-order valence-electron chi connectivity index (χ1n) is 6.46. The average Bonchev–Trinajstić information content (AvgIpc) is 2.76. The zero-order valence-corrected chi connectivity index (χ0v) is 10.4. The third-order valence-corrected chi connectivity index (χ3v) is 4.53. The second-order valence-electron chi connectivity index (χ2n) is 5.24. The summed E-state index contributed by atoms with van der Waals surface area (Å²) in [6.45, 7) is 2.05. The van der Waals surface area contributed by atoms with Crippen molar-refractivity contribution in [1.82, 2.24) is 0 Å². The number of hydrogen-bond donors (Lipinski definition) is 0. The Labute approximate surface area is 98.1 Å². The Balaban J connectivity index is 2.31. The molecule has 0 aromatic carbocycles. The zero-order chi connectivity index (χ0) is 11.6. The van der Waals surface area contributed by atoms with Crippen LogP contribution in [0.3, 0.4) is 0 Å². The highest BCUT2D eigenvalue weighted by Crippen LogP contribution is 2.54. The number of hydrogen-bond acceptors (Lipinski definition) is 2. The summed E-state index contributed by atoms with van der Waals surface area (Å²) in [5.41, 5.74) is 1.56. The predicted molar refractivity (Wildman–Crippen MR) is 64.0 cm³/mol. The Kier molecular flexibility index (Phi) is 3.36. The van der Waals surface area contributed by atoms with E-state index in [9.17, 15) is 4.79 Å². The van der Waals surface area contributed by atoms with Gasteiger partial charge >= 0.3 is 5.97 Å². The van der Waals surface area contributed by atoms with Crippen LogP contribution in [0.1, 0.15) is 51.9 Å². The van der Waals surface area contributed by atoms with E-state index in [1.54, 1.807) is 0 Å². The summed E-state index contributed by atoms with van der Waals surface area (Å²) in [5.74, 6) is 0.0495. The van der Waals surface area contributed by atoms with Crippen LogP contribution in [0.25, 0.3) is 0 Å². The van der Waals surface area contributed by atoms with Crippen molar-refractivity contribution in [3.8, 4) is 0 Å². The van der Waals surface area contributed by atoms with Gasteiger partial charge in [-0.2, -0.15) is 0 Å². The molecule has 2 nitrogen and oxygen atoms in total. The molecule has 2 aliphatic rings.